The Kier molecular flexibility index (Phi) is 6.62. The summed E-state index contributed by atoms with van der Waals surface area (Å²) >= 11 is 11.5. The van der Waals surface area contributed by atoms with Gasteiger partial charge in [0.2, 0.25) is 0 Å². The predicted molar refractivity (Wildman–Crippen MR) is 72.5 cm³/mol. The van der Waals surface area contributed by atoms with Gasteiger partial charge in [0.15, 0.2) is 6.61 Å². The molecule has 0 saturated heterocycles. The Morgan fingerprint density at radius 1 is 1.21 bits per heavy atom. The summed E-state index contributed by atoms with van der Waals surface area (Å²) in [6, 6.07) is 4.65. The highest BCUT2D eigenvalue weighted by Crippen LogP contribution is 2.24. The van der Waals surface area contributed by atoms with Gasteiger partial charge in [-0.1, -0.05) is 23.2 Å². The van der Waals surface area contributed by atoms with E-state index >= 15 is 0 Å². The molecule has 0 heterocycles. The SMILES string of the molecule is CCOCC(=O)OCC(=O)Nc1ccc(Cl)c(Cl)c1. The maximum atomic E-state index is 11.5. The molecular formula is C12H13Cl2NO4. The van der Waals surface area contributed by atoms with Gasteiger partial charge in [0, 0.05) is 12.3 Å². The van der Waals surface area contributed by atoms with Crippen LogP contribution in [0.1, 0.15) is 6.92 Å². The zero-order chi connectivity index (χ0) is 14.3. The van der Waals surface area contributed by atoms with E-state index in [4.69, 9.17) is 32.7 Å². The van der Waals surface area contributed by atoms with Crippen LogP contribution >= 0.6 is 23.2 Å². The van der Waals surface area contributed by atoms with Gasteiger partial charge in [-0.05, 0) is 25.1 Å². The number of benzene rings is 1. The van der Waals surface area contributed by atoms with Crippen LogP contribution in [0, 0.1) is 0 Å². The fourth-order valence-corrected chi connectivity index (χ4v) is 1.44. The average Bonchev–Trinajstić information content (AvgIpc) is 2.38. The van der Waals surface area contributed by atoms with Crippen LogP contribution in [0.25, 0.3) is 0 Å². The molecule has 19 heavy (non-hydrogen) atoms. The third kappa shape index (κ3) is 5.92. The molecule has 0 aliphatic carbocycles. The minimum absolute atomic E-state index is 0.170. The van der Waals surface area contributed by atoms with Crippen LogP contribution in [-0.4, -0.2) is 31.7 Å². The normalized spacial score (nSPS) is 10.1. The fourth-order valence-electron chi connectivity index (χ4n) is 1.14. The number of hydrogen-bond donors (Lipinski definition) is 1. The lowest BCUT2D eigenvalue weighted by Gasteiger charge is -2.07. The summed E-state index contributed by atoms with van der Waals surface area (Å²) in [5.74, 6) is -1.06. The summed E-state index contributed by atoms with van der Waals surface area (Å²) in [4.78, 5) is 22.6. The number of carbonyl (C=O) groups is 2. The second-order valence-electron chi connectivity index (χ2n) is 3.47. The summed E-state index contributed by atoms with van der Waals surface area (Å²) in [5.41, 5.74) is 0.472. The number of amides is 1. The first kappa shape index (κ1) is 15.8. The van der Waals surface area contributed by atoms with Gasteiger partial charge < -0.3 is 14.8 Å². The molecule has 0 aliphatic heterocycles. The monoisotopic (exact) mass is 305 g/mol. The molecular weight excluding hydrogens is 293 g/mol. The van der Waals surface area contributed by atoms with Gasteiger partial charge in [0.25, 0.3) is 5.91 Å². The van der Waals surface area contributed by atoms with Crippen molar-refractivity contribution in [1.29, 1.82) is 0 Å². The molecule has 5 nitrogen and oxygen atoms in total. The van der Waals surface area contributed by atoms with Crippen LogP contribution in [0.4, 0.5) is 5.69 Å². The molecule has 0 fully saturated rings. The molecule has 0 unspecified atom stereocenters. The topological polar surface area (TPSA) is 64.6 Å². The fraction of sp³-hybridized carbons (Fsp3) is 0.333. The maximum Gasteiger partial charge on any atom is 0.332 e. The van der Waals surface area contributed by atoms with Crippen molar-refractivity contribution in [2.24, 2.45) is 0 Å². The Balaban J connectivity index is 2.38. The van der Waals surface area contributed by atoms with Crippen LogP contribution in [0.15, 0.2) is 18.2 Å². The second-order valence-corrected chi connectivity index (χ2v) is 4.29. The molecule has 104 valence electrons. The van der Waals surface area contributed by atoms with Gasteiger partial charge in [-0.15, -0.1) is 0 Å². The molecule has 1 aromatic carbocycles. The van der Waals surface area contributed by atoms with Crippen molar-refractivity contribution >= 4 is 40.8 Å². The quantitative estimate of drug-likeness (QED) is 0.820. The lowest BCUT2D eigenvalue weighted by Crippen LogP contribution is -2.22. The van der Waals surface area contributed by atoms with Crippen molar-refractivity contribution in [3.63, 3.8) is 0 Å². The van der Waals surface area contributed by atoms with Gasteiger partial charge in [0.1, 0.15) is 6.61 Å². The summed E-state index contributed by atoms with van der Waals surface area (Å²) in [7, 11) is 0. The van der Waals surface area contributed by atoms with Crippen LogP contribution in [0.3, 0.4) is 0 Å². The number of ether oxygens (including phenoxy) is 2. The number of rotatable bonds is 6. The highest BCUT2D eigenvalue weighted by atomic mass is 35.5. The van der Waals surface area contributed by atoms with E-state index in [1.807, 2.05) is 0 Å². The van der Waals surface area contributed by atoms with E-state index in [2.05, 4.69) is 5.32 Å². The van der Waals surface area contributed by atoms with Crippen molar-refractivity contribution in [1.82, 2.24) is 0 Å². The standard InChI is InChI=1S/C12H13Cl2NO4/c1-2-18-7-12(17)19-6-11(16)15-8-3-4-9(13)10(14)5-8/h3-5H,2,6-7H2,1H3,(H,15,16). The number of hydrogen-bond acceptors (Lipinski definition) is 4. The first-order valence-electron chi connectivity index (χ1n) is 5.51. The van der Waals surface area contributed by atoms with E-state index < -0.39 is 11.9 Å². The van der Waals surface area contributed by atoms with Gasteiger partial charge in [-0.2, -0.15) is 0 Å². The van der Waals surface area contributed by atoms with Crippen molar-refractivity contribution in [3.05, 3.63) is 28.2 Å². The molecule has 0 saturated carbocycles. The number of nitrogens with one attached hydrogen (secondary N) is 1. The van der Waals surface area contributed by atoms with Crippen LogP contribution in [0.2, 0.25) is 10.0 Å². The van der Waals surface area contributed by atoms with Crippen molar-refractivity contribution in [2.45, 2.75) is 6.92 Å². The van der Waals surface area contributed by atoms with Gasteiger partial charge in [-0.25, -0.2) is 4.79 Å². The van der Waals surface area contributed by atoms with E-state index in [1.54, 1.807) is 19.1 Å². The minimum Gasteiger partial charge on any atom is -0.454 e. The Morgan fingerprint density at radius 3 is 2.58 bits per heavy atom. The van der Waals surface area contributed by atoms with E-state index in [0.29, 0.717) is 22.3 Å². The van der Waals surface area contributed by atoms with Crippen LogP contribution in [-0.2, 0) is 19.1 Å². The summed E-state index contributed by atoms with van der Waals surface area (Å²) < 4.78 is 9.53. The lowest BCUT2D eigenvalue weighted by atomic mass is 10.3. The predicted octanol–water partition coefficient (Wildman–Crippen LogP) is 2.51. The second kappa shape index (κ2) is 7.99. The van der Waals surface area contributed by atoms with E-state index in [-0.39, 0.29) is 13.2 Å². The van der Waals surface area contributed by atoms with Crippen LogP contribution < -0.4 is 5.32 Å². The molecule has 1 rings (SSSR count). The molecule has 0 aromatic heterocycles. The summed E-state index contributed by atoms with van der Waals surface area (Å²) in [6.45, 7) is 1.61. The number of carbonyl (C=O) groups excluding carboxylic acids is 2. The lowest BCUT2D eigenvalue weighted by molar-refractivity contribution is -0.151. The van der Waals surface area contributed by atoms with E-state index in [9.17, 15) is 9.59 Å². The molecule has 1 aromatic rings. The summed E-state index contributed by atoms with van der Waals surface area (Å²) in [5, 5.41) is 3.24. The minimum atomic E-state index is -0.592. The zero-order valence-electron chi connectivity index (χ0n) is 10.2. The van der Waals surface area contributed by atoms with Gasteiger partial charge in [0.05, 0.1) is 10.0 Å². The highest BCUT2D eigenvalue weighted by Gasteiger charge is 2.08. The van der Waals surface area contributed by atoms with Crippen LogP contribution in [0.5, 0.6) is 0 Å². The Labute approximate surface area is 120 Å². The third-order valence-corrected chi connectivity index (χ3v) is 2.73. The number of anilines is 1. The first-order chi connectivity index (χ1) is 9.02. The van der Waals surface area contributed by atoms with Gasteiger partial charge >= 0.3 is 5.97 Å². The number of esters is 1. The van der Waals surface area contributed by atoms with Crippen molar-refractivity contribution < 1.29 is 19.1 Å². The molecule has 0 aliphatic rings. The largest absolute Gasteiger partial charge is 0.454 e. The molecule has 1 amide bonds. The number of halogens is 2. The highest BCUT2D eigenvalue weighted by molar-refractivity contribution is 6.42. The van der Waals surface area contributed by atoms with E-state index in [1.165, 1.54) is 6.07 Å². The van der Waals surface area contributed by atoms with Gasteiger partial charge in [-0.3, -0.25) is 4.79 Å². The molecule has 1 N–H and O–H groups in total. The molecule has 0 bridgehead atoms. The molecule has 0 radical (unpaired) electrons. The summed E-state index contributed by atoms with van der Waals surface area (Å²) in [6.07, 6.45) is 0. The first-order valence-corrected chi connectivity index (χ1v) is 6.26. The third-order valence-electron chi connectivity index (χ3n) is 1.99. The molecule has 0 spiro atoms. The van der Waals surface area contributed by atoms with Crippen molar-refractivity contribution in [3.8, 4) is 0 Å². The molecule has 7 heteroatoms. The molecule has 0 atom stereocenters. The van der Waals surface area contributed by atoms with Crippen molar-refractivity contribution in [2.75, 3.05) is 25.1 Å². The Bertz CT molecular complexity index is 465. The smallest absolute Gasteiger partial charge is 0.332 e. The zero-order valence-corrected chi connectivity index (χ0v) is 11.8. The Morgan fingerprint density at radius 2 is 1.95 bits per heavy atom. The average molecular weight is 306 g/mol. The van der Waals surface area contributed by atoms with E-state index in [0.717, 1.165) is 0 Å². The maximum absolute atomic E-state index is 11.5. The Hall–Kier alpha value is -1.30.